The zero-order valence-corrected chi connectivity index (χ0v) is 16.3. The maximum Gasteiger partial charge on any atom is 0.291 e. The molecule has 0 saturated heterocycles. The van der Waals surface area contributed by atoms with Gasteiger partial charge >= 0.3 is 0 Å². The number of fused-ring (bicyclic) bond motifs is 2. The summed E-state index contributed by atoms with van der Waals surface area (Å²) in [7, 11) is 4.30. The van der Waals surface area contributed by atoms with Crippen molar-refractivity contribution in [2.24, 2.45) is 20.0 Å². The second kappa shape index (κ2) is 5.95. The molecule has 0 radical (unpaired) electrons. The Hall–Kier alpha value is -2.20. The fraction of sp³-hybridized carbons (Fsp3) is 0.333. The van der Waals surface area contributed by atoms with Crippen LogP contribution < -0.4 is 4.57 Å². The molecule has 25 heavy (non-hydrogen) atoms. The van der Waals surface area contributed by atoms with Crippen LogP contribution in [0.1, 0.15) is 24.4 Å². The maximum atomic E-state index is 5.03. The molecule has 3 nitrogen and oxygen atoms in total. The highest BCUT2D eigenvalue weighted by atomic mass is 32.1. The lowest BCUT2D eigenvalue weighted by Crippen LogP contribution is -2.30. The summed E-state index contributed by atoms with van der Waals surface area (Å²) in [5, 5.41) is 1.23. The summed E-state index contributed by atoms with van der Waals surface area (Å²) in [6.45, 7) is 6.69. The molecule has 0 spiro atoms. The summed E-state index contributed by atoms with van der Waals surface area (Å²) >= 11 is 1.83. The third kappa shape index (κ3) is 2.56. The number of benzene rings is 2. The monoisotopic (exact) mass is 350 g/mol. The van der Waals surface area contributed by atoms with Gasteiger partial charge in [-0.2, -0.15) is 0 Å². The number of hydrogen-bond donors (Lipinski definition) is 0. The van der Waals surface area contributed by atoms with Crippen molar-refractivity contribution in [3.05, 3.63) is 47.0 Å². The van der Waals surface area contributed by atoms with E-state index >= 15 is 0 Å². The Labute approximate surface area is 152 Å². The van der Waals surface area contributed by atoms with Crippen molar-refractivity contribution in [1.29, 1.82) is 0 Å². The van der Waals surface area contributed by atoms with Crippen LogP contribution in [0.3, 0.4) is 0 Å². The van der Waals surface area contributed by atoms with E-state index in [9.17, 15) is 0 Å². The largest absolute Gasteiger partial charge is 0.291 e. The zero-order valence-electron chi connectivity index (χ0n) is 15.5. The number of hydrogen-bond acceptors (Lipinski definition) is 2. The maximum absolute atomic E-state index is 5.03. The summed E-state index contributed by atoms with van der Waals surface area (Å²) in [6.07, 6.45) is 1.04. The number of thiazole rings is 1. The Kier molecular flexibility index (Phi) is 3.88. The molecule has 4 heteroatoms. The molecule has 2 aromatic carbocycles. The fourth-order valence-corrected chi connectivity index (χ4v) is 4.87. The quantitative estimate of drug-likeness (QED) is 0.487. The fourth-order valence-electron chi connectivity index (χ4n) is 3.68. The van der Waals surface area contributed by atoms with Crippen LogP contribution in [0.25, 0.3) is 32.6 Å². The normalized spacial score (nSPS) is 11.9. The molecule has 4 aromatic rings. The first-order valence-corrected chi connectivity index (χ1v) is 9.62. The van der Waals surface area contributed by atoms with Gasteiger partial charge in [0.2, 0.25) is 0 Å². The van der Waals surface area contributed by atoms with Crippen molar-refractivity contribution < 1.29 is 4.57 Å². The number of aryl methyl sites for hydroxylation is 3. The van der Waals surface area contributed by atoms with Gasteiger partial charge in [0.1, 0.15) is 0 Å². The number of aromatic nitrogens is 3. The highest BCUT2D eigenvalue weighted by Gasteiger charge is 2.26. The Bertz CT molecular complexity index is 1050. The third-order valence-electron chi connectivity index (χ3n) is 4.86. The van der Waals surface area contributed by atoms with E-state index < -0.39 is 0 Å². The van der Waals surface area contributed by atoms with Gasteiger partial charge in [0.05, 0.1) is 34.9 Å². The Morgan fingerprint density at radius 1 is 1.16 bits per heavy atom. The predicted octanol–water partition coefficient (Wildman–Crippen LogP) is 4.79. The molecule has 0 aliphatic rings. The Morgan fingerprint density at radius 2 is 1.92 bits per heavy atom. The molecular formula is C21H24N3S+. The van der Waals surface area contributed by atoms with Crippen LogP contribution in [0.5, 0.6) is 0 Å². The van der Waals surface area contributed by atoms with E-state index in [1.165, 1.54) is 37.7 Å². The first-order chi connectivity index (χ1) is 12.0. The van der Waals surface area contributed by atoms with E-state index in [2.05, 4.69) is 80.4 Å². The van der Waals surface area contributed by atoms with Crippen molar-refractivity contribution in [3.63, 3.8) is 0 Å². The average molecular weight is 351 g/mol. The molecule has 0 unspecified atom stereocenters. The predicted molar refractivity (Wildman–Crippen MR) is 106 cm³/mol. The molecule has 2 aromatic heterocycles. The molecule has 0 fully saturated rings. The highest BCUT2D eigenvalue weighted by Crippen LogP contribution is 2.34. The van der Waals surface area contributed by atoms with Crippen LogP contribution in [0.4, 0.5) is 0 Å². The minimum absolute atomic E-state index is 0.624. The third-order valence-corrected chi connectivity index (χ3v) is 5.90. The zero-order chi connectivity index (χ0) is 17.7. The van der Waals surface area contributed by atoms with Gasteiger partial charge in [-0.25, -0.2) is 14.1 Å². The SMILES string of the molecule is Cc1ccc2sc(CC(C)C)nc2c1-c1n(C)c2ccccc2[n+]1C. The lowest BCUT2D eigenvalue weighted by atomic mass is 10.1. The van der Waals surface area contributed by atoms with Gasteiger partial charge in [-0.1, -0.05) is 32.0 Å². The molecule has 4 rings (SSSR count). The summed E-state index contributed by atoms with van der Waals surface area (Å²) in [5.74, 6) is 1.84. The van der Waals surface area contributed by atoms with Gasteiger partial charge in [0, 0.05) is 6.42 Å². The Morgan fingerprint density at radius 3 is 2.64 bits per heavy atom. The summed E-state index contributed by atoms with van der Waals surface area (Å²) in [6, 6.07) is 13.0. The van der Waals surface area contributed by atoms with E-state index in [-0.39, 0.29) is 0 Å². The molecule has 2 heterocycles. The van der Waals surface area contributed by atoms with Gasteiger partial charge in [0.15, 0.2) is 11.0 Å². The van der Waals surface area contributed by atoms with E-state index in [4.69, 9.17) is 4.98 Å². The number of para-hydroxylation sites is 2. The highest BCUT2D eigenvalue weighted by molar-refractivity contribution is 7.18. The van der Waals surface area contributed by atoms with Crippen LogP contribution in [0, 0.1) is 12.8 Å². The minimum Gasteiger partial charge on any atom is -0.240 e. The molecule has 0 aliphatic carbocycles. The van der Waals surface area contributed by atoms with E-state index in [1.807, 2.05) is 11.3 Å². The van der Waals surface area contributed by atoms with Crippen molar-refractivity contribution >= 4 is 32.6 Å². The molecule has 0 N–H and O–H groups in total. The summed E-state index contributed by atoms with van der Waals surface area (Å²) in [4.78, 5) is 5.03. The van der Waals surface area contributed by atoms with Crippen molar-refractivity contribution in [2.75, 3.05) is 0 Å². The van der Waals surface area contributed by atoms with Crippen molar-refractivity contribution in [2.45, 2.75) is 27.2 Å². The Balaban J connectivity index is 2.04. The topological polar surface area (TPSA) is 21.7 Å². The van der Waals surface area contributed by atoms with E-state index in [1.54, 1.807) is 0 Å². The standard InChI is InChI=1S/C21H24N3S/c1-13(2)12-18-22-20-17(25-18)11-10-14(3)19(20)21-23(4)15-8-6-7-9-16(15)24(21)5/h6-11,13H,12H2,1-5H3/q+1. The lowest BCUT2D eigenvalue weighted by molar-refractivity contribution is -0.634. The van der Waals surface area contributed by atoms with E-state index in [0.29, 0.717) is 5.92 Å². The first-order valence-electron chi connectivity index (χ1n) is 8.80. The van der Waals surface area contributed by atoms with Crippen molar-refractivity contribution in [3.8, 4) is 11.4 Å². The second-order valence-corrected chi connectivity index (χ2v) is 8.36. The van der Waals surface area contributed by atoms with Gasteiger partial charge < -0.3 is 0 Å². The second-order valence-electron chi connectivity index (χ2n) is 7.24. The van der Waals surface area contributed by atoms with Crippen LogP contribution in [-0.4, -0.2) is 9.55 Å². The van der Waals surface area contributed by atoms with Gasteiger partial charge in [0.25, 0.3) is 5.82 Å². The number of rotatable bonds is 3. The number of imidazole rings is 1. The van der Waals surface area contributed by atoms with Crippen LogP contribution >= 0.6 is 11.3 Å². The molecule has 0 saturated carbocycles. The van der Waals surface area contributed by atoms with Gasteiger partial charge in [-0.15, -0.1) is 11.3 Å². The molecule has 128 valence electrons. The van der Waals surface area contributed by atoms with Crippen molar-refractivity contribution in [1.82, 2.24) is 9.55 Å². The van der Waals surface area contributed by atoms with Gasteiger partial charge in [-0.3, -0.25) is 0 Å². The van der Waals surface area contributed by atoms with Gasteiger partial charge in [-0.05, 0) is 36.6 Å². The lowest BCUT2D eigenvalue weighted by Gasteiger charge is -2.04. The average Bonchev–Trinajstić information content (AvgIpc) is 3.08. The summed E-state index contributed by atoms with van der Waals surface area (Å²) in [5.41, 5.74) is 6.16. The molecular weight excluding hydrogens is 326 g/mol. The number of nitrogens with zero attached hydrogens (tertiary/aromatic N) is 3. The molecule has 0 amide bonds. The summed E-state index contributed by atoms with van der Waals surface area (Å²) < 4.78 is 5.86. The van der Waals surface area contributed by atoms with E-state index in [0.717, 1.165) is 11.9 Å². The molecule has 0 aliphatic heterocycles. The first kappa shape index (κ1) is 16.3. The van der Waals surface area contributed by atoms with Crippen LogP contribution in [0.2, 0.25) is 0 Å². The molecule has 0 atom stereocenters. The molecule has 0 bridgehead atoms. The van der Waals surface area contributed by atoms with Crippen LogP contribution in [0.15, 0.2) is 36.4 Å². The van der Waals surface area contributed by atoms with Crippen LogP contribution in [-0.2, 0) is 20.5 Å². The minimum atomic E-state index is 0.624. The smallest absolute Gasteiger partial charge is 0.240 e.